The van der Waals surface area contributed by atoms with E-state index in [1.54, 1.807) is 12.1 Å². The van der Waals surface area contributed by atoms with Crippen molar-refractivity contribution in [2.75, 3.05) is 5.32 Å². The Kier molecular flexibility index (Phi) is 5.54. The maximum Gasteiger partial charge on any atom is 0.257 e. The molecule has 0 bridgehead atoms. The van der Waals surface area contributed by atoms with Gasteiger partial charge in [-0.05, 0) is 67.5 Å². The normalized spacial score (nSPS) is 10.1. The number of aryl methyl sites for hydroxylation is 2. The third kappa shape index (κ3) is 4.31. The van der Waals surface area contributed by atoms with E-state index in [4.69, 9.17) is 23.8 Å². The van der Waals surface area contributed by atoms with Crippen molar-refractivity contribution in [1.82, 2.24) is 5.32 Å². The molecule has 0 fully saturated rings. The van der Waals surface area contributed by atoms with Gasteiger partial charge >= 0.3 is 0 Å². The predicted octanol–water partition coefficient (Wildman–Crippen LogP) is 2.45. The average Bonchev–Trinajstić information content (AvgIpc) is 2.51. The van der Waals surface area contributed by atoms with E-state index >= 15 is 0 Å². The maximum absolute atomic E-state index is 12.2. The molecule has 2 aromatic carbocycles. The summed E-state index contributed by atoms with van der Waals surface area (Å²) in [6, 6.07) is 9.48. The number of rotatable bonds is 3. The number of carbonyl (C=O) groups excluding carboxylic acids is 2. The fourth-order valence-electron chi connectivity index (χ4n) is 2.01. The molecule has 0 aliphatic carbocycles. The Labute approximate surface area is 149 Å². The van der Waals surface area contributed by atoms with Crippen molar-refractivity contribution in [2.45, 2.75) is 13.8 Å². The average molecular weight is 362 g/mol. The van der Waals surface area contributed by atoms with E-state index in [9.17, 15) is 14.7 Å². The van der Waals surface area contributed by atoms with Crippen LogP contribution in [0.2, 0.25) is 5.02 Å². The third-order valence-electron chi connectivity index (χ3n) is 3.45. The lowest BCUT2D eigenvalue weighted by molar-refractivity contribution is -0.254. The van der Waals surface area contributed by atoms with Gasteiger partial charge in [0.2, 0.25) is 0 Å². The number of carboxylic acid groups (broad SMARTS) is 1. The van der Waals surface area contributed by atoms with Crippen molar-refractivity contribution < 1.29 is 14.7 Å². The van der Waals surface area contributed by atoms with Crippen LogP contribution in [-0.4, -0.2) is 17.0 Å². The van der Waals surface area contributed by atoms with Crippen molar-refractivity contribution in [3.63, 3.8) is 0 Å². The Hall–Kier alpha value is -2.44. The molecule has 0 spiro atoms. The molecule has 7 heteroatoms. The predicted molar refractivity (Wildman–Crippen MR) is 95.4 cm³/mol. The second-order valence-corrected chi connectivity index (χ2v) is 6.03. The first-order chi connectivity index (χ1) is 11.3. The summed E-state index contributed by atoms with van der Waals surface area (Å²) in [5.74, 6) is -1.79. The maximum atomic E-state index is 12.2. The van der Waals surface area contributed by atoms with Crippen LogP contribution < -0.4 is 15.7 Å². The summed E-state index contributed by atoms with van der Waals surface area (Å²) in [7, 11) is 0. The number of anilines is 1. The molecule has 5 nitrogen and oxygen atoms in total. The molecule has 0 unspecified atom stereocenters. The number of aromatic carboxylic acids is 1. The SMILES string of the molecule is Cc1ccc(C(=O)NC(=S)Nc2ccc(Cl)cc2C(=O)[O-])cc1C. The molecule has 124 valence electrons. The molecule has 0 aromatic heterocycles. The lowest BCUT2D eigenvalue weighted by Gasteiger charge is -2.14. The van der Waals surface area contributed by atoms with Gasteiger partial charge in [-0.3, -0.25) is 10.1 Å². The number of halogens is 1. The zero-order chi connectivity index (χ0) is 17.9. The van der Waals surface area contributed by atoms with Crippen LogP contribution in [0.25, 0.3) is 0 Å². The zero-order valence-electron chi connectivity index (χ0n) is 13.0. The van der Waals surface area contributed by atoms with Gasteiger partial charge in [-0.15, -0.1) is 0 Å². The van der Waals surface area contributed by atoms with Crippen molar-refractivity contribution in [2.24, 2.45) is 0 Å². The number of nitrogens with one attached hydrogen (secondary N) is 2. The number of amides is 1. The molecular formula is C17H14ClN2O3S-. The molecule has 0 saturated carbocycles. The minimum atomic E-state index is -1.40. The van der Waals surface area contributed by atoms with Gasteiger partial charge in [-0.1, -0.05) is 17.7 Å². The smallest absolute Gasteiger partial charge is 0.257 e. The summed E-state index contributed by atoms with van der Waals surface area (Å²) in [5, 5.41) is 16.5. The largest absolute Gasteiger partial charge is 0.545 e. The summed E-state index contributed by atoms with van der Waals surface area (Å²) in [6.07, 6.45) is 0. The molecule has 0 saturated heterocycles. The molecule has 0 atom stereocenters. The number of carboxylic acids is 1. The highest BCUT2D eigenvalue weighted by atomic mass is 35.5. The Morgan fingerprint density at radius 1 is 1.08 bits per heavy atom. The van der Waals surface area contributed by atoms with Gasteiger partial charge in [0.05, 0.1) is 5.97 Å². The highest BCUT2D eigenvalue weighted by molar-refractivity contribution is 7.80. The van der Waals surface area contributed by atoms with Gasteiger partial charge in [-0.25, -0.2) is 0 Å². The molecule has 1 amide bonds. The highest BCUT2D eigenvalue weighted by Crippen LogP contribution is 2.20. The van der Waals surface area contributed by atoms with E-state index in [1.807, 2.05) is 19.9 Å². The van der Waals surface area contributed by atoms with Gasteiger partial charge in [0.25, 0.3) is 5.91 Å². The summed E-state index contributed by atoms with van der Waals surface area (Å²) in [6.45, 7) is 3.85. The van der Waals surface area contributed by atoms with Gasteiger partial charge < -0.3 is 15.2 Å². The Balaban J connectivity index is 2.12. The summed E-state index contributed by atoms with van der Waals surface area (Å²) in [5.41, 5.74) is 2.55. The molecule has 0 aliphatic heterocycles. The van der Waals surface area contributed by atoms with Gasteiger partial charge in [0.15, 0.2) is 5.11 Å². The third-order valence-corrected chi connectivity index (χ3v) is 3.89. The van der Waals surface area contributed by atoms with Crippen LogP contribution in [0.4, 0.5) is 5.69 Å². The standard InChI is InChI=1S/C17H15ClN2O3S/c1-9-3-4-11(7-10(9)2)15(21)20-17(24)19-14-6-5-12(18)8-13(14)16(22)23/h3-8H,1-2H3,(H,22,23)(H2,19,20,21,24)/p-1. The van der Waals surface area contributed by atoms with E-state index in [2.05, 4.69) is 10.6 Å². The van der Waals surface area contributed by atoms with Crippen LogP contribution in [0.3, 0.4) is 0 Å². The van der Waals surface area contributed by atoms with Crippen molar-refractivity contribution in [3.05, 3.63) is 63.7 Å². The molecule has 2 aromatic rings. The van der Waals surface area contributed by atoms with Crippen molar-refractivity contribution >= 4 is 46.5 Å². The number of hydrogen-bond acceptors (Lipinski definition) is 4. The molecule has 0 aliphatic rings. The van der Waals surface area contributed by atoms with Gasteiger partial charge in [-0.2, -0.15) is 0 Å². The number of benzene rings is 2. The highest BCUT2D eigenvalue weighted by Gasteiger charge is 2.11. The molecule has 2 N–H and O–H groups in total. The van der Waals surface area contributed by atoms with Crippen LogP contribution in [-0.2, 0) is 0 Å². The van der Waals surface area contributed by atoms with E-state index in [-0.39, 0.29) is 27.3 Å². The molecule has 0 heterocycles. The first-order valence-electron chi connectivity index (χ1n) is 6.98. The molecule has 2 rings (SSSR count). The van der Waals surface area contributed by atoms with Crippen LogP contribution in [0, 0.1) is 13.8 Å². The van der Waals surface area contributed by atoms with E-state index < -0.39 is 5.97 Å². The van der Waals surface area contributed by atoms with E-state index in [0.717, 1.165) is 11.1 Å². The number of carbonyl (C=O) groups is 2. The second kappa shape index (κ2) is 7.42. The Morgan fingerprint density at radius 3 is 2.42 bits per heavy atom. The van der Waals surface area contributed by atoms with E-state index in [0.29, 0.717) is 5.56 Å². The Morgan fingerprint density at radius 2 is 1.79 bits per heavy atom. The van der Waals surface area contributed by atoms with Crippen LogP contribution in [0.5, 0.6) is 0 Å². The van der Waals surface area contributed by atoms with Crippen molar-refractivity contribution in [3.8, 4) is 0 Å². The Bertz CT molecular complexity index is 837. The lowest BCUT2D eigenvalue weighted by atomic mass is 10.1. The van der Waals surface area contributed by atoms with Crippen LogP contribution in [0.15, 0.2) is 36.4 Å². The van der Waals surface area contributed by atoms with Gasteiger partial charge in [0, 0.05) is 21.8 Å². The number of thiocarbonyl (C=S) groups is 1. The first kappa shape index (κ1) is 17.9. The topological polar surface area (TPSA) is 81.3 Å². The first-order valence-corrected chi connectivity index (χ1v) is 7.77. The second-order valence-electron chi connectivity index (χ2n) is 5.18. The lowest BCUT2D eigenvalue weighted by Crippen LogP contribution is -2.35. The molecule has 0 radical (unpaired) electrons. The van der Waals surface area contributed by atoms with E-state index in [1.165, 1.54) is 18.2 Å². The fraction of sp³-hybridized carbons (Fsp3) is 0.118. The minimum Gasteiger partial charge on any atom is -0.545 e. The van der Waals surface area contributed by atoms with Crippen LogP contribution in [0.1, 0.15) is 31.8 Å². The molecule has 24 heavy (non-hydrogen) atoms. The summed E-state index contributed by atoms with van der Waals surface area (Å²) >= 11 is 10.8. The zero-order valence-corrected chi connectivity index (χ0v) is 14.5. The fourth-order valence-corrected chi connectivity index (χ4v) is 2.38. The van der Waals surface area contributed by atoms with Gasteiger partial charge in [0.1, 0.15) is 0 Å². The monoisotopic (exact) mass is 361 g/mol. The van der Waals surface area contributed by atoms with Crippen LogP contribution >= 0.6 is 23.8 Å². The number of hydrogen-bond donors (Lipinski definition) is 2. The summed E-state index contributed by atoms with van der Waals surface area (Å²) in [4.78, 5) is 23.3. The minimum absolute atomic E-state index is 0.0250. The van der Waals surface area contributed by atoms with Crippen molar-refractivity contribution in [1.29, 1.82) is 0 Å². The molecular weight excluding hydrogens is 348 g/mol. The quantitative estimate of drug-likeness (QED) is 0.821. The summed E-state index contributed by atoms with van der Waals surface area (Å²) < 4.78 is 0.